The zero-order valence-electron chi connectivity index (χ0n) is 12.1. The third-order valence-electron chi connectivity index (χ3n) is 3.45. The first-order valence-corrected chi connectivity index (χ1v) is 8.18. The highest BCUT2D eigenvalue weighted by atomic mass is 32.2. The van der Waals surface area contributed by atoms with Gasteiger partial charge >= 0.3 is 0 Å². The Balaban J connectivity index is 2.21. The van der Waals surface area contributed by atoms with E-state index in [-0.39, 0.29) is 22.2 Å². The predicted octanol–water partition coefficient (Wildman–Crippen LogP) is 1.38. The zero-order chi connectivity index (χ0) is 15.7. The van der Waals surface area contributed by atoms with Crippen LogP contribution in [0.5, 0.6) is 0 Å². The first-order valence-electron chi connectivity index (χ1n) is 6.69. The number of sulfonamides is 1. The van der Waals surface area contributed by atoms with Gasteiger partial charge < -0.3 is 10.5 Å². The molecule has 1 unspecified atom stereocenters. The van der Waals surface area contributed by atoms with Gasteiger partial charge in [-0.2, -0.15) is 5.26 Å². The average Bonchev–Trinajstić information content (AvgIpc) is 2.36. The molecule has 1 saturated heterocycles. The Morgan fingerprint density at radius 3 is 2.76 bits per heavy atom. The van der Waals surface area contributed by atoms with E-state index in [0.717, 1.165) is 0 Å². The van der Waals surface area contributed by atoms with Gasteiger partial charge in [-0.1, -0.05) is 0 Å². The summed E-state index contributed by atoms with van der Waals surface area (Å²) >= 11 is 0. The number of nitrogens with zero attached hydrogens (tertiary/aromatic N) is 1. The van der Waals surface area contributed by atoms with E-state index in [1.807, 2.05) is 19.9 Å². The molecular formula is C14H19N3O3S. The predicted molar refractivity (Wildman–Crippen MR) is 78.9 cm³/mol. The molecule has 114 valence electrons. The molecule has 21 heavy (non-hydrogen) atoms. The molecule has 1 heterocycles. The summed E-state index contributed by atoms with van der Waals surface area (Å²) in [6.45, 7) is 4.39. The van der Waals surface area contributed by atoms with Crippen LogP contribution < -0.4 is 10.5 Å². The molecular weight excluding hydrogens is 290 g/mol. The highest BCUT2D eigenvalue weighted by Gasteiger charge is 2.32. The number of nitrogen functional groups attached to an aromatic ring is 1. The van der Waals surface area contributed by atoms with E-state index >= 15 is 0 Å². The van der Waals surface area contributed by atoms with Gasteiger partial charge in [-0.15, -0.1) is 0 Å². The van der Waals surface area contributed by atoms with Crippen LogP contribution in [0.4, 0.5) is 5.69 Å². The molecule has 6 nitrogen and oxygen atoms in total. The number of nitriles is 1. The van der Waals surface area contributed by atoms with Gasteiger partial charge in [0.1, 0.15) is 4.90 Å². The van der Waals surface area contributed by atoms with Crippen molar-refractivity contribution >= 4 is 15.7 Å². The zero-order valence-corrected chi connectivity index (χ0v) is 12.9. The molecule has 1 aromatic carbocycles. The Hall–Kier alpha value is -1.62. The smallest absolute Gasteiger partial charge is 0.242 e. The molecule has 1 fully saturated rings. The third-order valence-corrected chi connectivity index (χ3v) is 5.04. The van der Waals surface area contributed by atoms with Crippen molar-refractivity contribution in [2.45, 2.75) is 43.2 Å². The van der Waals surface area contributed by atoms with Gasteiger partial charge in [-0.3, -0.25) is 0 Å². The van der Waals surface area contributed by atoms with Crippen molar-refractivity contribution < 1.29 is 13.2 Å². The summed E-state index contributed by atoms with van der Waals surface area (Å²) in [6.07, 6.45) is 1.22. The van der Waals surface area contributed by atoms with Crippen LogP contribution in [0.25, 0.3) is 0 Å². The maximum atomic E-state index is 12.4. The minimum atomic E-state index is -3.71. The van der Waals surface area contributed by atoms with Crippen LogP contribution >= 0.6 is 0 Å². The summed E-state index contributed by atoms with van der Waals surface area (Å²) in [7, 11) is -3.71. The Labute approximate surface area is 125 Å². The Kier molecular flexibility index (Phi) is 4.23. The topological polar surface area (TPSA) is 105 Å². The van der Waals surface area contributed by atoms with Crippen molar-refractivity contribution in [3.05, 3.63) is 23.8 Å². The quantitative estimate of drug-likeness (QED) is 0.821. The lowest BCUT2D eigenvalue weighted by Gasteiger charge is -2.35. The van der Waals surface area contributed by atoms with Crippen molar-refractivity contribution in [1.29, 1.82) is 5.26 Å². The van der Waals surface area contributed by atoms with Crippen LogP contribution in [0.2, 0.25) is 0 Å². The summed E-state index contributed by atoms with van der Waals surface area (Å²) < 4.78 is 33.1. The molecule has 1 atom stereocenters. The number of hydrogen-bond donors (Lipinski definition) is 2. The molecule has 0 amide bonds. The number of nitrogens with one attached hydrogen (secondary N) is 1. The van der Waals surface area contributed by atoms with Gasteiger partial charge in [0.25, 0.3) is 0 Å². The number of benzene rings is 1. The van der Waals surface area contributed by atoms with Crippen LogP contribution in [0, 0.1) is 11.3 Å². The van der Waals surface area contributed by atoms with Crippen LogP contribution in [0.3, 0.4) is 0 Å². The molecule has 0 bridgehead atoms. The van der Waals surface area contributed by atoms with Crippen LogP contribution in [-0.2, 0) is 14.8 Å². The van der Waals surface area contributed by atoms with Crippen LogP contribution in [0.15, 0.2) is 23.1 Å². The summed E-state index contributed by atoms with van der Waals surface area (Å²) in [5.74, 6) is 0. The van der Waals surface area contributed by atoms with E-state index in [2.05, 4.69) is 4.72 Å². The first kappa shape index (κ1) is 15.8. The molecule has 1 aliphatic heterocycles. The number of nitrogens with two attached hydrogens (primary N) is 1. The third kappa shape index (κ3) is 3.73. The molecule has 2 rings (SSSR count). The number of rotatable bonds is 3. The lowest BCUT2D eigenvalue weighted by Crippen LogP contribution is -2.45. The van der Waals surface area contributed by atoms with Crippen LogP contribution in [-0.4, -0.2) is 26.7 Å². The molecule has 0 aliphatic carbocycles. The molecule has 3 N–H and O–H groups in total. The molecule has 0 aromatic heterocycles. The van der Waals surface area contributed by atoms with Gasteiger partial charge in [-0.25, -0.2) is 13.1 Å². The van der Waals surface area contributed by atoms with E-state index in [1.165, 1.54) is 18.2 Å². The summed E-state index contributed by atoms with van der Waals surface area (Å²) in [5, 5.41) is 8.79. The van der Waals surface area contributed by atoms with E-state index in [0.29, 0.717) is 25.0 Å². The standard InChI is InChI=1S/C14H19N3O3S/c1-14(2)8-11(5-6-20-14)17-21(18,19)13-4-3-10(9-15)7-12(13)16/h3-4,7,11,17H,5-6,8,16H2,1-2H3. The summed E-state index contributed by atoms with van der Waals surface area (Å²) in [5.41, 5.74) is 5.81. The van der Waals surface area contributed by atoms with Gasteiger partial charge in [0.05, 0.1) is 22.9 Å². The second-order valence-electron chi connectivity index (χ2n) is 5.78. The van der Waals surface area contributed by atoms with Crippen molar-refractivity contribution in [3.63, 3.8) is 0 Å². The van der Waals surface area contributed by atoms with Crippen molar-refractivity contribution in [1.82, 2.24) is 4.72 Å². The fourth-order valence-corrected chi connectivity index (χ4v) is 3.86. The Bertz CT molecular complexity index is 677. The summed E-state index contributed by atoms with van der Waals surface area (Å²) in [4.78, 5) is 0.00537. The lowest BCUT2D eigenvalue weighted by molar-refractivity contribution is -0.0599. The maximum Gasteiger partial charge on any atom is 0.242 e. The van der Waals surface area contributed by atoms with E-state index in [1.54, 1.807) is 0 Å². The summed E-state index contributed by atoms with van der Waals surface area (Å²) in [6, 6.07) is 5.91. The van der Waals surface area contributed by atoms with Crippen molar-refractivity contribution in [2.75, 3.05) is 12.3 Å². The lowest BCUT2D eigenvalue weighted by atomic mass is 9.95. The average molecular weight is 309 g/mol. The second kappa shape index (κ2) is 5.64. The van der Waals surface area contributed by atoms with Gasteiger partial charge in [0, 0.05) is 12.6 Å². The normalized spacial score (nSPS) is 21.7. The maximum absolute atomic E-state index is 12.4. The highest BCUT2D eigenvalue weighted by Crippen LogP contribution is 2.26. The fraction of sp³-hybridized carbons (Fsp3) is 0.500. The molecule has 1 aliphatic rings. The highest BCUT2D eigenvalue weighted by molar-refractivity contribution is 7.89. The Morgan fingerprint density at radius 1 is 1.48 bits per heavy atom. The molecule has 0 radical (unpaired) electrons. The number of ether oxygens (including phenoxy) is 1. The number of hydrogen-bond acceptors (Lipinski definition) is 5. The largest absolute Gasteiger partial charge is 0.398 e. The van der Waals surface area contributed by atoms with E-state index in [4.69, 9.17) is 15.7 Å². The molecule has 7 heteroatoms. The minimum Gasteiger partial charge on any atom is -0.398 e. The van der Waals surface area contributed by atoms with Crippen LogP contribution in [0.1, 0.15) is 32.3 Å². The van der Waals surface area contributed by atoms with Gasteiger partial charge in [-0.05, 0) is 44.9 Å². The molecule has 0 saturated carbocycles. The van der Waals surface area contributed by atoms with Gasteiger partial charge in [0.15, 0.2) is 0 Å². The molecule has 0 spiro atoms. The first-order chi connectivity index (χ1) is 9.73. The minimum absolute atomic E-state index is 0.00537. The SMILES string of the molecule is CC1(C)CC(NS(=O)(=O)c2ccc(C#N)cc2N)CCO1. The number of anilines is 1. The molecule has 1 aromatic rings. The monoisotopic (exact) mass is 309 g/mol. The van der Waals surface area contributed by atoms with E-state index < -0.39 is 10.0 Å². The Morgan fingerprint density at radius 2 is 2.19 bits per heavy atom. The van der Waals surface area contributed by atoms with Crippen molar-refractivity contribution in [2.24, 2.45) is 0 Å². The van der Waals surface area contributed by atoms with Crippen molar-refractivity contribution in [3.8, 4) is 6.07 Å². The fourth-order valence-electron chi connectivity index (χ4n) is 2.48. The van der Waals surface area contributed by atoms with E-state index in [9.17, 15) is 8.42 Å². The van der Waals surface area contributed by atoms with Gasteiger partial charge in [0.2, 0.25) is 10.0 Å². The second-order valence-corrected chi connectivity index (χ2v) is 7.47.